The minimum Gasteiger partial charge on any atom is -0.273 e. The molecule has 7 heteroatoms. The van der Waals surface area contributed by atoms with E-state index in [9.17, 15) is 18.4 Å². The van der Waals surface area contributed by atoms with E-state index in [0.29, 0.717) is 16.9 Å². The normalized spacial score (nSPS) is 11.7. The second-order valence-corrected chi connectivity index (χ2v) is 7.43. The smallest absolute Gasteiger partial charge is 0.273 e. The van der Waals surface area contributed by atoms with E-state index in [1.807, 2.05) is 0 Å². The average molecular weight is 400 g/mol. The largest absolute Gasteiger partial charge is 0.279 e. The Kier molecular flexibility index (Phi) is 6.16. The molecule has 0 spiro atoms. The SMILES string of the molecule is CC(Cc1cccc(F)c1)C(=O)NNC(=O)c1ccc(-c2ccc(F)cc2)s1. The predicted octanol–water partition coefficient (Wildman–Crippen LogP) is 4.33. The molecule has 1 atom stereocenters. The van der Waals surface area contributed by atoms with E-state index in [-0.39, 0.29) is 17.5 Å². The lowest BCUT2D eigenvalue weighted by atomic mass is 10.0. The minimum atomic E-state index is -0.444. The van der Waals surface area contributed by atoms with Crippen LogP contribution in [-0.4, -0.2) is 11.8 Å². The fraction of sp³-hybridized carbons (Fsp3) is 0.143. The molecule has 144 valence electrons. The Hall–Kier alpha value is -3.06. The second kappa shape index (κ2) is 8.75. The number of hydrazine groups is 1. The molecular formula is C21H18F2N2O2S. The maximum absolute atomic E-state index is 13.2. The number of benzene rings is 2. The van der Waals surface area contributed by atoms with Crippen LogP contribution in [0.1, 0.15) is 22.2 Å². The highest BCUT2D eigenvalue weighted by atomic mass is 32.1. The van der Waals surface area contributed by atoms with Crippen LogP contribution in [0.3, 0.4) is 0 Å². The standard InChI is InChI=1S/C21H18F2N2O2S/c1-13(11-14-3-2-4-17(23)12-14)20(26)24-25-21(27)19-10-9-18(28-19)15-5-7-16(22)8-6-15/h2-10,12-13H,11H2,1H3,(H,24,26)(H,25,27). The molecule has 2 N–H and O–H groups in total. The van der Waals surface area contributed by atoms with E-state index >= 15 is 0 Å². The number of nitrogens with one attached hydrogen (secondary N) is 2. The Morgan fingerprint density at radius 3 is 2.43 bits per heavy atom. The molecule has 28 heavy (non-hydrogen) atoms. The van der Waals surface area contributed by atoms with Gasteiger partial charge in [-0.15, -0.1) is 11.3 Å². The van der Waals surface area contributed by atoms with Gasteiger partial charge in [0.2, 0.25) is 5.91 Å². The van der Waals surface area contributed by atoms with Crippen LogP contribution in [0, 0.1) is 17.6 Å². The van der Waals surface area contributed by atoms with E-state index in [2.05, 4.69) is 10.9 Å². The summed E-state index contributed by atoms with van der Waals surface area (Å²) in [6, 6.07) is 15.4. The number of amides is 2. The van der Waals surface area contributed by atoms with Crippen molar-refractivity contribution in [3.8, 4) is 10.4 Å². The molecule has 1 heterocycles. The highest BCUT2D eigenvalue weighted by Crippen LogP contribution is 2.28. The number of hydrogen-bond donors (Lipinski definition) is 2. The molecule has 3 aromatic rings. The summed E-state index contributed by atoms with van der Waals surface area (Å²) in [5, 5.41) is 0. The molecular weight excluding hydrogens is 382 g/mol. The van der Waals surface area contributed by atoms with Crippen molar-refractivity contribution in [2.24, 2.45) is 5.92 Å². The molecule has 4 nitrogen and oxygen atoms in total. The first-order valence-corrected chi connectivity index (χ1v) is 9.44. The highest BCUT2D eigenvalue weighted by Gasteiger charge is 2.16. The third-order valence-corrected chi connectivity index (χ3v) is 5.27. The van der Waals surface area contributed by atoms with Gasteiger partial charge in [-0.05, 0) is 53.9 Å². The van der Waals surface area contributed by atoms with E-state index in [4.69, 9.17) is 0 Å². The number of thiophene rings is 1. The summed E-state index contributed by atoms with van der Waals surface area (Å²) in [4.78, 5) is 25.7. The first-order chi connectivity index (χ1) is 13.4. The van der Waals surface area contributed by atoms with Gasteiger partial charge in [0, 0.05) is 10.8 Å². The predicted molar refractivity (Wildman–Crippen MR) is 105 cm³/mol. The summed E-state index contributed by atoms with van der Waals surface area (Å²) < 4.78 is 26.2. The molecule has 0 saturated carbocycles. The maximum Gasteiger partial charge on any atom is 0.279 e. The van der Waals surface area contributed by atoms with Crippen LogP contribution in [-0.2, 0) is 11.2 Å². The van der Waals surface area contributed by atoms with Crippen LogP contribution in [0.5, 0.6) is 0 Å². The summed E-state index contributed by atoms with van der Waals surface area (Å²) in [5.41, 5.74) is 6.29. The van der Waals surface area contributed by atoms with Crippen molar-refractivity contribution < 1.29 is 18.4 Å². The molecule has 0 radical (unpaired) electrons. The van der Waals surface area contributed by atoms with Crippen LogP contribution >= 0.6 is 11.3 Å². The van der Waals surface area contributed by atoms with Gasteiger partial charge >= 0.3 is 0 Å². The zero-order valence-corrected chi connectivity index (χ0v) is 15.9. The number of hydrogen-bond acceptors (Lipinski definition) is 3. The lowest BCUT2D eigenvalue weighted by Gasteiger charge is -2.12. The molecule has 2 aromatic carbocycles. The summed E-state index contributed by atoms with van der Waals surface area (Å²) >= 11 is 1.24. The topological polar surface area (TPSA) is 58.2 Å². The summed E-state index contributed by atoms with van der Waals surface area (Å²) in [6.45, 7) is 1.70. The van der Waals surface area contributed by atoms with Crippen molar-refractivity contribution in [2.45, 2.75) is 13.3 Å². The van der Waals surface area contributed by atoms with Crippen molar-refractivity contribution in [1.82, 2.24) is 10.9 Å². The Balaban J connectivity index is 1.55. The van der Waals surface area contributed by atoms with Gasteiger partial charge in [-0.3, -0.25) is 20.4 Å². The van der Waals surface area contributed by atoms with Crippen LogP contribution in [0.15, 0.2) is 60.7 Å². The number of rotatable bonds is 5. The first kappa shape index (κ1) is 19.7. The number of carbonyl (C=O) groups is 2. The fourth-order valence-corrected chi connectivity index (χ4v) is 3.55. The Labute approximate surface area is 165 Å². The van der Waals surface area contributed by atoms with E-state index < -0.39 is 11.8 Å². The Bertz CT molecular complexity index is 986. The van der Waals surface area contributed by atoms with E-state index in [1.54, 1.807) is 43.3 Å². The van der Waals surface area contributed by atoms with Crippen LogP contribution in [0.25, 0.3) is 10.4 Å². The Morgan fingerprint density at radius 2 is 1.71 bits per heavy atom. The highest BCUT2D eigenvalue weighted by molar-refractivity contribution is 7.17. The summed E-state index contributed by atoms with van der Waals surface area (Å²) in [7, 11) is 0. The molecule has 1 aromatic heterocycles. The fourth-order valence-electron chi connectivity index (χ4n) is 2.64. The zero-order valence-electron chi connectivity index (χ0n) is 15.0. The van der Waals surface area contributed by atoms with Crippen molar-refractivity contribution in [3.63, 3.8) is 0 Å². The minimum absolute atomic E-state index is 0.326. The average Bonchev–Trinajstić information content (AvgIpc) is 3.16. The van der Waals surface area contributed by atoms with E-state index in [1.165, 1.54) is 35.6 Å². The summed E-state index contributed by atoms with van der Waals surface area (Å²) in [6.07, 6.45) is 0.354. The molecule has 0 aliphatic rings. The van der Waals surface area contributed by atoms with Gasteiger partial charge in [0.1, 0.15) is 11.6 Å². The van der Waals surface area contributed by atoms with Gasteiger partial charge in [-0.25, -0.2) is 8.78 Å². The maximum atomic E-state index is 13.2. The monoisotopic (exact) mass is 400 g/mol. The van der Waals surface area contributed by atoms with Gasteiger partial charge in [-0.2, -0.15) is 0 Å². The summed E-state index contributed by atoms with van der Waals surface area (Å²) in [5.74, 6) is -1.93. The molecule has 0 fully saturated rings. The van der Waals surface area contributed by atoms with Gasteiger partial charge in [0.05, 0.1) is 4.88 Å². The van der Waals surface area contributed by atoms with Crippen LogP contribution in [0.2, 0.25) is 0 Å². The van der Waals surface area contributed by atoms with Crippen molar-refractivity contribution in [2.75, 3.05) is 0 Å². The molecule has 0 aliphatic heterocycles. The van der Waals surface area contributed by atoms with Gasteiger partial charge in [-0.1, -0.05) is 31.2 Å². The van der Waals surface area contributed by atoms with Gasteiger partial charge in [0.25, 0.3) is 5.91 Å². The van der Waals surface area contributed by atoms with Crippen molar-refractivity contribution in [3.05, 3.63) is 82.7 Å². The molecule has 0 saturated heterocycles. The quantitative estimate of drug-likeness (QED) is 0.626. The number of halogens is 2. The molecule has 1 unspecified atom stereocenters. The van der Waals surface area contributed by atoms with Crippen LogP contribution in [0.4, 0.5) is 8.78 Å². The Morgan fingerprint density at radius 1 is 0.964 bits per heavy atom. The van der Waals surface area contributed by atoms with Gasteiger partial charge < -0.3 is 0 Å². The third-order valence-electron chi connectivity index (χ3n) is 4.14. The first-order valence-electron chi connectivity index (χ1n) is 8.63. The van der Waals surface area contributed by atoms with Crippen molar-refractivity contribution >= 4 is 23.2 Å². The molecule has 0 bridgehead atoms. The third kappa shape index (κ3) is 5.01. The second-order valence-electron chi connectivity index (χ2n) is 6.35. The van der Waals surface area contributed by atoms with Crippen molar-refractivity contribution in [1.29, 1.82) is 0 Å². The van der Waals surface area contributed by atoms with Crippen LogP contribution < -0.4 is 10.9 Å². The lowest BCUT2D eigenvalue weighted by molar-refractivity contribution is -0.125. The molecule has 0 aliphatic carbocycles. The van der Waals surface area contributed by atoms with E-state index in [0.717, 1.165) is 10.4 Å². The zero-order chi connectivity index (χ0) is 20.1. The lowest BCUT2D eigenvalue weighted by Crippen LogP contribution is -2.44. The number of carbonyl (C=O) groups excluding carboxylic acids is 2. The van der Waals surface area contributed by atoms with Gasteiger partial charge in [0.15, 0.2) is 0 Å². The molecule has 2 amide bonds. The molecule has 3 rings (SSSR count).